The molecule has 0 saturated carbocycles. The molecule has 0 aliphatic carbocycles. The van der Waals surface area contributed by atoms with Crippen LogP contribution < -0.4 is 0 Å². The van der Waals surface area contributed by atoms with Gasteiger partial charge in [0, 0.05) is 34.0 Å². The molecule has 5 nitrogen and oxygen atoms in total. The van der Waals surface area contributed by atoms with Gasteiger partial charge in [-0.2, -0.15) is 10.4 Å². The number of Topliss-reactive ketones (excluding diaryl/α,β-unsaturated/α-hetero) is 1. The van der Waals surface area contributed by atoms with Crippen molar-refractivity contribution in [2.45, 2.75) is 5.03 Å². The van der Waals surface area contributed by atoms with Crippen molar-refractivity contribution in [2.75, 3.05) is 5.75 Å². The van der Waals surface area contributed by atoms with Gasteiger partial charge in [0.2, 0.25) is 0 Å². The van der Waals surface area contributed by atoms with Crippen LogP contribution in [0.5, 0.6) is 0 Å². The van der Waals surface area contributed by atoms with Gasteiger partial charge >= 0.3 is 0 Å². The van der Waals surface area contributed by atoms with Crippen LogP contribution in [0, 0.1) is 11.3 Å². The largest absolute Gasteiger partial charge is 0.293 e. The number of nitriles is 1. The first-order chi connectivity index (χ1) is 20.2. The van der Waals surface area contributed by atoms with E-state index in [9.17, 15) is 10.1 Å². The summed E-state index contributed by atoms with van der Waals surface area (Å²) in [6, 6.07) is 43.3. The predicted octanol–water partition coefficient (Wildman–Crippen LogP) is 8.11. The molecule has 196 valence electrons. The molecule has 0 aliphatic heterocycles. The lowest BCUT2D eigenvalue weighted by atomic mass is 9.97. The second-order valence-electron chi connectivity index (χ2n) is 9.33. The fraction of sp³-hybridized carbons (Fsp3) is 0.0286. The number of thioether (sulfide) groups is 1. The highest BCUT2D eigenvalue weighted by atomic mass is 32.2. The Morgan fingerprint density at radius 2 is 1.34 bits per heavy atom. The fourth-order valence-corrected chi connectivity index (χ4v) is 5.54. The number of benzene rings is 4. The first-order valence-corrected chi connectivity index (χ1v) is 14.1. The molecule has 2 aromatic heterocycles. The molecule has 0 amide bonds. The zero-order valence-electron chi connectivity index (χ0n) is 22.0. The maximum atomic E-state index is 13.0. The van der Waals surface area contributed by atoms with Gasteiger partial charge in [-0.1, -0.05) is 121 Å². The van der Waals surface area contributed by atoms with Gasteiger partial charge in [-0.25, -0.2) is 9.67 Å². The summed E-state index contributed by atoms with van der Waals surface area (Å²) >= 11 is 1.29. The van der Waals surface area contributed by atoms with Crippen LogP contribution in [-0.4, -0.2) is 26.3 Å². The number of hydrogen-bond acceptors (Lipinski definition) is 5. The van der Waals surface area contributed by atoms with Gasteiger partial charge in [0.1, 0.15) is 16.8 Å². The summed E-state index contributed by atoms with van der Waals surface area (Å²) in [5.41, 5.74) is 6.83. The normalized spacial score (nSPS) is 10.7. The molecule has 0 spiro atoms. The van der Waals surface area contributed by atoms with Gasteiger partial charge in [0.15, 0.2) is 5.78 Å². The summed E-state index contributed by atoms with van der Waals surface area (Å²) in [7, 11) is 0. The van der Waals surface area contributed by atoms with Crippen LogP contribution in [0.4, 0.5) is 0 Å². The molecule has 41 heavy (non-hydrogen) atoms. The van der Waals surface area contributed by atoms with Crippen LogP contribution in [0.2, 0.25) is 0 Å². The Bertz CT molecular complexity index is 1850. The van der Waals surface area contributed by atoms with Crippen molar-refractivity contribution in [3.63, 3.8) is 0 Å². The number of para-hydroxylation sites is 1. The molecule has 0 fully saturated rings. The van der Waals surface area contributed by atoms with E-state index in [4.69, 9.17) is 10.1 Å². The molecule has 6 heteroatoms. The number of carbonyl (C=O) groups is 1. The Kier molecular flexibility index (Phi) is 7.53. The fourth-order valence-electron chi connectivity index (χ4n) is 4.64. The standard InChI is InChI=1S/C35H24N4OS/c36-22-30-29(31-23-39(28-19-11-4-12-20-28)38-34(31)27-17-9-3-10-18-27)21-32(25-13-5-1-6-14-25)37-35(30)41-24-33(40)26-15-7-2-8-16-26/h1-21,23H,24H2. The number of hydrogen-bond donors (Lipinski definition) is 0. The quantitative estimate of drug-likeness (QED) is 0.142. The van der Waals surface area contributed by atoms with Gasteiger partial charge in [-0.05, 0) is 18.2 Å². The zero-order valence-corrected chi connectivity index (χ0v) is 22.8. The summed E-state index contributed by atoms with van der Waals surface area (Å²) in [5, 5.41) is 16.0. The highest BCUT2D eigenvalue weighted by Gasteiger charge is 2.22. The second kappa shape index (κ2) is 11.9. The van der Waals surface area contributed by atoms with E-state index in [2.05, 4.69) is 6.07 Å². The Morgan fingerprint density at radius 1 is 0.756 bits per heavy atom. The van der Waals surface area contributed by atoms with Gasteiger partial charge < -0.3 is 0 Å². The molecule has 0 bridgehead atoms. The molecule has 6 aromatic rings. The van der Waals surface area contributed by atoms with E-state index in [1.165, 1.54) is 11.8 Å². The van der Waals surface area contributed by atoms with Gasteiger partial charge in [0.05, 0.1) is 22.7 Å². The highest BCUT2D eigenvalue weighted by Crippen LogP contribution is 2.39. The molecular weight excluding hydrogens is 524 g/mol. The smallest absolute Gasteiger partial charge is 0.173 e. The van der Waals surface area contributed by atoms with Crippen molar-refractivity contribution in [1.29, 1.82) is 5.26 Å². The number of nitrogens with zero attached hydrogens (tertiary/aromatic N) is 4. The maximum Gasteiger partial charge on any atom is 0.173 e. The van der Waals surface area contributed by atoms with E-state index in [0.717, 1.165) is 39.3 Å². The van der Waals surface area contributed by atoms with Crippen molar-refractivity contribution in [3.05, 3.63) is 145 Å². The van der Waals surface area contributed by atoms with E-state index in [1.807, 2.05) is 126 Å². The molecule has 0 saturated heterocycles. The van der Waals surface area contributed by atoms with Crippen molar-refractivity contribution < 1.29 is 4.79 Å². The molecule has 0 aliphatic rings. The Hall–Kier alpha value is -5.25. The van der Waals surface area contributed by atoms with Gasteiger partial charge in [-0.15, -0.1) is 0 Å². The average molecular weight is 549 g/mol. The number of aromatic nitrogens is 3. The maximum absolute atomic E-state index is 13.0. The zero-order chi connectivity index (χ0) is 28.0. The Labute approximate surface area is 242 Å². The van der Waals surface area contributed by atoms with E-state index >= 15 is 0 Å². The highest BCUT2D eigenvalue weighted by molar-refractivity contribution is 8.00. The molecule has 0 atom stereocenters. The van der Waals surface area contributed by atoms with Crippen LogP contribution in [-0.2, 0) is 0 Å². The molecule has 0 unspecified atom stereocenters. The van der Waals surface area contributed by atoms with Gasteiger partial charge in [0.25, 0.3) is 0 Å². The number of rotatable bonds is 8. The van der Waals surface area contributed by atoms with Crippen molar-refractivity contribution in [2.24, 2.45) is 0 Å². The topological polar surface area (TPSA) is 71.6 Å². The number of ketones is 1. The summed E-state index contributed by atoms with van der Waals surface area (Å²) in [6.45, 7) is 0. The van der Waals surface area contributed by atoms with Crippen LogP contribution in [0.1, 0.15) is 15.9 Å². The summed E-state index contributed by atoms with van der Waals surface area (Å²) in [5.74, 6) is 0.146. The minimum absolute atomic E-state index is 0.0187. The van der Waals surface area contributed by atoms with Gasteiger partial charge in [-0.3, -0.25) is 4.79 Å². The predicted molar refractivity (Wildman–Crippen MR) is 164 cm³/mol. The lowest BCUT2D eigenvalue weighted by Gasteiger charge is -2.12. The van der Waals surface area contributed by atoms with E-state index in [1.54, 1.807) is 12.1 Å². The molecule has 0 N–H and O–H groups in total. The first-order valence-electron chi connectivity index (χ1n) is 13.1. The third kappa shape index (κ3) is 5.58. The van der Waals surface area contributed by atoms with Crippen LogP contribution in [0.3, 0.4) is 0 Å². The monoisotopic (exact) mass is 548 g/mol. The summed E-state index contributed by atoms with van der Waals surface area (Å²) in [6.07, 6.45) is 1.96. The average Bonchev–Trinajstić information content (AvgIpc) is 3.50. The summed E-state index contributed by atoms with van der Waals surface area (Å²) < 4.78 is 1.84. The van der Waals surface area contributed by atoms with Crippen molar-refractivity contribution in [3.8, 4) is 45.4 Å². The Balaban J connectivity index is 1.53. The molecule has 6 rings (SSSR count). The SMILES string of the molecule is N#Cc1c(-c2cn(-c3ccccc3)nc2-c2ccccc2)cc(-c2ccccc2)nc1SCC(=O)c1ccccc1. The second-order valence-corrected chi connectivity index (χ2v) is 10.3. The van der Waals surface area contributed by atoms with E-state index in [0.29, 0.717) is 16.2 Å². The molecule has 2 heterocycles. The van der Waals surface area contributed by atoms with E-state index < -0.39 is 0 Å². The number of pyridine rings is 1. The van der Waals surface area contributed by atoms with Crippen molar-refractivity contribution in [1.82, 2.24) is 14.8 Å². The minimum atomic E-state index is -0.0187. The third-order valence-electron chi connectivity index (χ3n) is 6.68. The Morgan fingerprint density at radius 3 is 1.98 bits per heavy atom. The summed E-state index contributed by atoms with van der Waals surface area (Å²) in [4.78, 5) is 17.9. The van der Waals surface area contributed by atoms with Crippen LogP contribution in [0.25, 0.3) is 39.3 Å². The van der Waals surface area contributed by atoms with Crippen molar-refractivity contribution >= 4 is 17.5 Å². The van der Waals surface area contributed by atoms with E-state index in [-0.39, 0.29) is 11.5 Å². The lowest BCUT2D eigenvalue weighted by Crippen LogP contribution is -2.04. The lowest BCUT2D eigenvalue weighted by molar-refractivity contribution is 0.102. The van der Waals surface area contributed by atoms with Crippen LogP contribution in [0.15, 0.2) is 139 Å². The molecule has 4 aromatic carbocycles. The molecular formula is C35H24N4OS. The number of carbonyl (C=O) groups excluding carboxylic acids is 1. The third-order valence-corrected chi connectivity index (χ3v) is 7.65. The van der Waals surface area contributed by atoms with Crippen LogP contribution >= 0.6 is 11.8 Å². The first kappa shape index (κ1) is 26.0. The minimum Gasteiger partial charge on any atom is -0.293 e. The molecule has 0 radical (unpaired) electrons.